The molecule has 1 aromatic carbocycles. The molecule has 0 aliphatic carbocycles. The van der Waals surface area contributed by atoms with Crippen molar-refractivity contribution >= 4 is 33.5 Å². The number of aromatic nitrogens is 1. The first kappa shape index (κ1) is 12.9. The van der Waals surface area contributed by atoms with E-state index in [4.69, 9.17) is 5.73 Å². The molecule has 2 heterocycles. The molecule has 0 fully saturated rings. The maximum atomic E-state index is 6.00. The molecular formula is C16H17N3S. The number of fused-ring (bicyclic) bond motifs is 1. The number of pyridine rings is 1. The average Bonchev–Trinajstić information content (AvgIpc) is 2.94. The van der Waals surface area contributed by atoms with Gasteiger partial charge in [0.1, 0.15) is 0 Å². The first-order valence-corrected chi connectivity index (χ1v) is 7.59. The Morgan fingerprint density at radius 1 is 1.20 bits per heavy atom. The molecule has 0 unspecified atom stereocenters. The number of nitrogens with one attached hydrogen (secondary N) is 1. The molecule has 2 aromatic heterocycles. The summed E-state index contributed by atoms with van der Waals surface area (Å²) >= 11 is 1.80. The molecule has 0 saturated heterocycles. The lowest BCUT2D eigenvalue weighted by atomic mass is 10.1. The number of nitrogens with two attached hydrogens (primary N) is 1. The topological polar surface area (TPSA) is 50.9 Å². The van der Waals surface area contributed by atoms with Gasteiger partial charge in [-0.3, -0.25) is 4.98 Å². The maximum Gasteiger partial charge on any atom is 0.0497 e. The van der Waals surface area contributed by atoms with Crippen molar-refractivity contribution in [3.63, 3.8) is 0 Å². The third kappa shape index (κ3) is 2.34. The number of hydrogen-bond acceptors (Lipinski definition) is 4. The molecule has 0 bridgehead atoms. The van der Waals surface area contributed by atoms with Crippen LogP contribution in [0, 0.1) is 0 Å². The highest BCUT2D eigenvalue weighted by molar-refractivity contribution is 7.10. The summed E-state index contributed by atoms with van der Waals surface area (Å²) in [5.74, 6) is 0. The zero-order chi connectivity index (χ0) is 13.9. The van der Waals surface area contributed by atoms with Crippen LogP contribution in [0.5, 0.6) is 0 Å². The zero-order valence-corrected chi connectivity index (χ0v) is 12.2. The van der Waals surface area contributed by atoms with Gasteiger partial charge in [0.2, 0.25) is 0 Å². The fourth-order valence-electron chi connectivity index (χ4n) is 2.38. The number of rotatable bonds is 4. The summed E-state index contributed by atoms with van der Waals surface area (Å²) in [6.45, 7) is 3.04. The summed E-state index contributed by atoms with van der Waals surface area (Å²) in [6.07, 6.45) is 4.70. The van der Waals surface area contributed by atoms with Gasteiger partial charge in [0.15, 0.2) is 0 Å². The van der Waals surface area contributed by atoms with E-state index in [9.17, 15) is 0 Å². The van der Waals surface area contributed by atoms with Crippen LogP contribution in [0.25, 0.3) is 10.8 Å². The summed E-state index contributed by atoms with van der Waals surface area (Å²) in [4.78, 5) is 5.54. The number of thiophene rings is 1. The first-order valence-electron chi connectivity index (χ1n) is 6.71. The van der Waals surface area contributed by atoms with Gasteiger partial charge in [0.25, 0.3) is 0 Å². The van der Waals surface area contributed by atoms with Crippen LogP contribution in [0.3, 0.4) is 0 Å². The van der Waals surface area contributed by atoms with Crippen molar-refractivity contribution in [3.05, 3.63) is 52.5 Å². The molecule has 3 nitrogen and oxygen atoms in total. The largest absolute Gasteiger partial charge is 0.398 e. The van der Waals surface area contributed by atoms with Gasteiger partial charge in [0.05, 0.1) is 0 Å². The van der Waals surface area contributed by atoms with Crippen LogP contribution in [-0.4, -0.2) is 4.98 Å². The third-order valence-electron chi connectivity index (χ3n) is 3.51. The van der Waals surface area contributed by atoms with Crippen molar-refractivity contribution < 1.29 is 0 Å². The molecular weight excluding hydrogens is 266 g/mol. The molecule has 20 heavy (non-hydrogen) atoms. The van der Waals surface area contributed by atoms with Gasteiger partial charge in [-0.2, -0.15) is 0 Å². The highest BCUT2D eigenvalue weighted by Gasteiger charge is 2.06. The van der Waals surface area contributed by atoms with E-state index in [0.29, 0.717) is 0 Å². The standard InChI is InChI=1S/C16H17N3S/c1-2-11-6-8-20-16(11)10-19-15-4-3-14(17)13-9-18-7-5-12(13)15/h3-9,19H,2,10,17H2,1H3. The normalized spacial score (nSPS) is 10.8. The van der Waals surface area contributed by atoms with Crippen LogP contribution in [0.1, 0.15) is 17.4 Å². The number of benzene rings is 1. The molecule has 3 N–H and O–H groups in total. The quantitative estimate of drug-likeness (QED) is 0.710. The lowest BCUT2D eigenvalue weighted by molar-refractivity contribution is 1.08. The summed E-state index contributed by atoms with van der Waals surface area (Å²) in [7, 11) is 0. The van der Waals surface area contributed by atoms with Gasteiger partial charge in [-0.1, -0.05) is 6.92 Å². The van der Waals surface area contributed by atoms with E-state index in [1.54, 1.807) is 17.5 Å². The van der Waals surface area contributed by atoms with Gasteiger partial charge >= 0.3 is 0 Å². The minimum atomic E-state index is 0.768. The minimum absolute atomic E-state index is 0.768. The molecule has 0 amide bonds. The molecule has 0 spiro atoms. The van der Waals surface area contributed by atoms with E-state index < -0.39 is 0 Å². The molecule has 102 valence electrons. The van der Waals surface area contributed by atoms with Crippen LogP contribution in [0.2, 0.25) is 0 Å². The van der Waals surface area contributed by atoms with E-state index in [1.165, 1.54) is 10.4 Å². The number of nitrogen functional groups attached to an aromatic ring is 1. The lowest BCUT2D eigenvalue weighted by Crippen LogP contribution is -2.01. The molecule has 4 heteroatoms. The Bertz CT molecular complexity index is 733. The average molecular weight is 283 g/mol. The molecule has 0 aliphatic rings. The summed E-state index contributed by atoms with van der Waals surface area (Å²) in [5, 5.41) is 7.79. The lowest BCUT2D eigenvalue weighted by Gasteiger charge is -2.11. The summed E-state index contributed by atoms with van der Waals surface area (Å²) < 4.78 is 0. The number of anilines is 2. The second-order valence-electron chi connectivity index (χ2n) is 4.70. The summed E-state index contributed by atoms with van der Waals surface area (Å²) in [6, 6.07) is 8.17. The Morgan fingerprint density at radius 2 is 2.10 bits per heavy atom. The number of hydrogen-bond donors (Lipinski definition) is 2. The monoisotopic (exact) mass is 283 g/mol. The maximum absolute atomic E-state index is 6.00. The van der Waals surface area contributed by atoms with Crippen molar-refractivity contribution in [3.8, 4) is 0 Å². The van der Waals surface area contributed by atoms with Gasteiger partial charge in [-0.15, -0.1) is 11.3 Å². The van der Waals surface area contributed by atoms with Crippen molar-refractivity contribution in [2.75, 3.05) is 11.1 Å². The van der Waals surface area contributed by atoms with Crippen molar-refractivity contribution in [1.82, 2.24) is 4.98 Å². The SMILES string of the molecule is CCc1ccsc1CNc1ccc(N)c2cnccc12. The third-order valence-corrected chi connectivity index (χ3v) is 4.47. The van der Waals surface area contributed by atoms with Gasteiger partial charge in [-0.25, -0.2) is 0 Å². The van der Waals surface area contributed by atoms with E-state index in [2.05, 4.69) is 28.7 Å². The van der Waals surface area contributed by atoms with Crippen LogP contribution in [0.15, 0.2) is 42.0 Å². The van der Waals surface area contributed by atoms with Crippen LogP contribution in [-0.2, 0) is 13.0 Å². The van der Waals surface area contributed by atoms with Crippen molar-refractivity contribution in [2.24, 2.45) is 0 Å². The second kappa shape index (κ2) is 5.51. The Kier molecular flexibility index (Phi) is 3.56. The van der Waals surface area contributed by atoms with Crippen molar-refractivity contribution in [2.45, 2.75) is 19.9 Å². The Balaban J connectivity index is 1.90. The van der Waals surface area contributed by atoms with Gasteiger partial charge in [0, 0.05) is 46.0 Å². The molecule has 3 rings (SSSR count). The fraction of sp³-hybridized carbons (Fsp3) is 0.188. The van der Waals surface area contributed by atoms with E-state index in [1.807, 2.05) is 24.4 Å². The van der Waals surface area contributed by atoms with E-state index in [-0.39, 0.29) is 0 Å². The van der Waals surface area contributed by atoms with E-state index in [0.717, 1.165) is 35.1 Å². The van der Waals surface area contributed by atoms with E-state index >= 15 is 0 Å². The van der Waals surface area contributed by atoms with Gasteiger partial charge < -0.3 is 11.1 Å². The molecule has 0 aliphatic heterocycles. The minimum Gasteiger partial charge on any atom is -0.398 e. The zero-order valence-electron chi connectivity index (χ0n) is 11.4. The second-order valence-corrected chi connectivity index (χ2v) is 5.70. The highest BCUT2D eigenvalue weighted by Crippen LogP contribution is 2.28. The molecule has 0 saturated carbocycles. The molecule has 0 atom stereocenters. The predicted octanol–water partition coefficient (Wildman–Crippen LogP) is 4.05. The molecule has 0 radical (unpaired) electrons. The highest BCUT2D eigenvalue weighted by atomic mass is 32.1. The fourth-order valence-corrected chi connectivity index (χ4v) is 3.29. The van der Waals surface area contributed by atoms with Crippen molar-refractivity contribution in [1.29, 1.82) is 0 Å². The first-order chi connectivity index (χ1) is 9.79. The summed E-state index contributed by atoms with van der Waals surface area (Å²) in [5.41, 5.74) is 9.29. The van der Waals surface area contributed by atoms with Crippen LogP contribution in [0.4, 0.5) is 11.4 Å². The Morgan fingerprint density at radius 3 is 2.95 bits per heavy atom. The Hall–Kier alpha value is -2.07. The molecule has 3 aromatic rings. The number of aryl methyl sites for hydroxylation is 1. The van der Waals surface area contributed by atoms with Crippen LogP contribution >= 0.6 is 11.3 Å². The van der Waals surface area contributed by atoms with Gasteiger partial charge in [-0.05, 0) is 41.6 Å². The number of nitrogens with zero attached hydrogens (tertiary/aromatic N) is 1. The smallest absolute Gasteiger partial charge is 0.0497 e. The van der Waals surface area contributed by atoms with Crippen LogP contribution < -0.4 is 11.1 Å². The Labute approximate surface area is 122 Å². The predicted molar refractivity (Wildman–Crippen MR) is 87.2 cm³/mol.